The molecule has 1 atom stereocenters. The van der Waals surface area contributed by atoms with Gasteiger partial charge < -0.3 is 15.4 Å². The van der Waals surface area contributed by atoms with Crippen LogP contribution in [-0.4, -0.2) is 37.3 Å². The lowest BCUT2D eigenvalue weighted by molar-refractivity contribution is 0.0372. The molecule has 1 saturated heterocycles. The van der Waals surface area contributed by atoms with Crippen molar-refractivity contribution in [2.45, 2.75) is 20.0 Å². The van der Waals surface area contributed by atoms with Gasteiger partial charge in [-0.25, -0.2) is 4.98 Å². The van der Waals surface area contributed by atoms with Gasteiger partial charge in [-0.2, -0.15) is 5.26 Å². The van der Waals surface area contributed by atoms with Crippen LogP contribution in [0.15, 0.2) is 6.07 Å². The van der Waals surface area contributed by atoms with Crippen LogP contribution in [0.5, 0.6) is 0 Å². The predicted octanol–water partition coefficient (Wildman–Crippen LogP) is 0.970. The van der Waals surface area contributed by atoms with Crippen LogP contribution in [0.25, 0.3) is 0 Å². The van der Waals surface area contributed by atoms with Crippen molar-refractivity contribution in [1.29, 1.82) is 5.26 Å². The molecule has 0 radical (unpaired) electrons. The van der Waals surface area contributed by atoms with E-state index in [0.29, 0.717) is 5.56 Å². The van der Waals surface area contributed by atoms with Gasteiger partial charge in [0, 0.05) is 19.6 Å². The monoisotopic (exact) mass is 246 g/mol. The van der Waals surface area contributed by atoms with E-state index in [0.717, 1.165) is 43.3 Å². The van der Waals surface area contributed by atoms with E-state index in [4.69, 9.17) is 10.00 Å². The van der Waals surface area contributed by atoms with Crippen molar-refractivity contribution in [3.63, 3.8) is 0 Å². The third-order valence-electron chi connectivity index (χ3n) is 3.02. The van der Waals surface area contributed by atoms with Gasteiger partial charge in [-0.15, -0.1) is 0 Å². The van der Waals surface area contributed by atoms with Gasteiger partial charge >= 0.3 is 0 Å². The van der Waals surface area contributed by atoms with Gasteiger partial charge in [-0.1, -0.05) is 0 Å². The number of aryl methyl sites for hydroxylation is 2. The Hall–Kier alpha value is -1.64. The summed E-state index contributed by atoms with van der Waals surface area (Å²) in [5.74, 6) is 0.804. The molecule has 2 N–H and O–H groups in total. The van der Waals surface area contributed by atoms with Gasteiger partial charge in [-0.05, 0) is 25.5 Å². The molecule has 0 unspecified atom stereocenters. The molecule has 0 aromatic carbocycles. The zero-order valence-electron chi connectivity index (χ0n) is 10.8. The van der Waals surface area contributed by atoms with Crippen molar-refractivity contribution in [3.05, 3.63) is 22.9 Å². The lowest BCUT2D eigenvalue weighted by atomic mass is 10.1. The Kier molecular flexibility index (Phi) is 4.13. The fraction of sp³-hybridized carbons (Fsp3) is 0.538. The second-order valence-electron chi connectivity index (χ2n) is 4.47. The number of pyridine rings is 1. The molecule has 18 heavy (non-hydrogen) atoms. The maximum absolute atomic E-state index is 8.99. The third kappa shape index (κ3) is 2.97. The highest BCUT2D eigenvalue weighted by Crippen LogP contribution is 2.15. The van der Waals surface area contributed by atoms with E-state index < -0.39 is 0 Å². The highest BCUT2D eigenvalue weighted by molar-refractivity contribution is 5.48. The Morgan fingerprint density at radius 3 is 3.06 bits per heavy atom. The number of aromatic nitrogens is 1. The molecule has 5 nitrogen and oxygen atoms in total. The summed E-state index contributed by atoms with van der Waals surface area (Å²) in [7, 11) is 0. The van der Waals surface area contributed by atoms with Gasteiger partial charge in [-0.3, -0.25) is 0 Å². The fourth-order valence-corrected chi connectivity index (χ4v) is 2.06. The summed E-state index contributed by atoms with van der Waals surface area (Å²) in [5.41, 5.74) is 2.38. The maximum Gasteiger partial charge on any atom is 0.126 e. The van der Waals surface area contributed by atoms with Crippen molar-refractivity contribution >= 4 is 5.82 Å². The van der Waals surface area contributed by atoms with E-state index in [9.17, 15) is 0 Å². The van der Waals surface area contributed by atoms with E-state index in [2.05, 4.69) is 21.7 Å². The van der Waals surface area contributed by atoms with Crippen LogP contribution in [0.2, 0.25) is 0 Å². The van der Waals surface area contributed by atoms with Crippen molar-refractivity contribution in [2.75, 3.05) is 31.6 Å². The number of rotatable bonds is 3. The van der Waals surface area contributed by atoms with Gasteiger partial charge in [0.1, 0.15) is 11.9 Å². The van der Waals surface area contributed by atoms with Crippen LogP contribution in [0, 0.1) is 25.2 Å². The topological polar surface area (TPSA) is 70.0 Å². The van der Waals surface area contributed by atoms with Crippen LogP contribution in [0.3, 0.4) is 0 Å². The molecule has 1 aromatic heterocycles. The molecule has 1 aromatic rings. The summed E-state index contributed by atoms with van der Waals surface area (Å²) in [6.45, 7) is 7.05. The standard InChI is InChI=1S/C13H18N4O/c1-9-5-13(17-10(2)12(9)6-14)16-8-11-7-15-3-4-18-11/h5,11,15H,3-4,7-8H2,1-2H3,(H,16,17)/t11-/m1/s1. The molecule has 1 fully saturated rings. The van der Waals surface area contributed by atoms with Gasteiger partial charge in [0.25, 0.3) is 0 Å². The molecule has 1 aliphatic rings. The Bertz CT molecular complexity index is 438. The van der Waals surface area contributed by atoms with Crippen molar-refractivity contribution in [3.8, 4) is 6.07 Å². The second kappa shape index (κ2) is 5.80. The van der Waals surface area contributed by atoms with E-state index in [1.165, 1.54) is 0 Å². The van der Waals surface area contributed by atoms with E-state index >= 15 is 0 Å². The average molecular weight is 246 g/mol. The molecule has 1 aliphatic heterocycles. The first-order valence-corrected chi connectivity index (χ1v) is 6.15. The Morgan fingerprint density at radius 2 is 2.44 bits per heavy atom. The minimum atomic E-state index is 0.178. The normalized spacial score (nSPS) is 19.3. The average Bonchev–Trinajstić information content (AvgIpc) is 2.37. The number of hydrogen-bond acceptors (Lipinski definition) is 5. The van der Waals surface area contributed by atoms with Gasteiger partial charge in [0.2, 0.25) is 0 Å². The molecule has 2 rings (SSSR count). The minimum absolute atomic E-state index is 0.178. The third-order valence-corrected chi connectivity index (χ3v) is 3.02. The Labute approximate surface area is 107 Å². The first-order valence-electron chi connectivity index (χ1n) is 6.15. The number of nitrogens with one attached hydrogen (secondary N) is 2. The summed E-state index contributed by atoms with van der Waals surface area (Å²) in [6, 6.07) is 4.08. The van der Waals surface area contributed by atoms with Crippen LogP contribution in [0.1, 0.15) is 16.8 Å². The predicted molar refractivity (Wildman–Crippen MR) is 69.5 cm³/mol. The molecular formula is C13H18N4O. The largest absolute Gasteiger partial charge is 0.374 e. The quantitative estimate of drug-likeness (QED) is 0.831. The molecule has 5 heteroatoms. The summed E-state index contributed by atoms with van der Waals surface area (Å²) >= 11 is 0. The maximum atomic E-state index is 8.99. The molecule has 0 bridgehead atoms. The Morgan fingerprint density at radius 1 is 1.61 bits per heavy atom. The van der Waals surface area contributed by atoms with Crippen LogP contribution >= 0.6 is 0 Å². The van der Waals surface area contributed by atoms with Crippen LogP contribution in [0.4, 0.5) is 5.82 Å². The van der Waals surface area contributed by atoms with E-state index in [1.807, 2.05) is 19.9 Å². The molecular weight excluding hydrogens is 228 g/mol. The number of anilines is 1. The fourth-order valence-electron chi connectivity index (χ4n) is 2.06. The van der Waals surface area contributed by atoms with Crippen molar-refractivity contribution < 1.29 is 4.74 Å². The lowest BCUT2D eigenvalue weighted by Crippen LogP contribution is -2.42. The molecule has 2 heterocycles. The van der Waals surface area contributed by atoms with Gasteiger partial charge in [0.05, 0.1) is 24.0 Å². The van der Waals surface area contributed by atoms with E-state index in [1.54, 1.807) is 0 Å². The number of hydrogen-bond donors (Lipinski definition) is 2. The first kappa shape index (κ1) is 12.8. The van der Waals surface area contributed by atoms with Crippen LogP contribution < -0.4 is 10.6 Å². The molecule has 0 spiro atoms. The summed E-state index contributed by atoms with van der Waals surface area (Å²) in [6.07, 6.45) is 0.178. The molecule has 96 valence electrons. The Balaban J connectivity index is 1.99. The minimum Gasteiger partial charge on any atom is -0.374 e. The zero-order chi connectivity index (χ0) is 13.0. The molecule has 0 saturated carbocycles. The SMILES string of the molecule is Cc1cc(NC[C@H]2CNCCO2)nc(C)c1C#N. The summed E-state index contributed by atoms with van der Waals surface area (Å²) in [4.78, 5) is 4.38. The van der Waals surface area contributed by atoms with Crippen molar-refractivity contribution in [2.24, 2.45) is 0 Å². The smallest absolute Gasteiger partial charge is 0.126 e. The van der Waals surface area contributed by atoms with Gasteiger partial charge in [0.15, 0.2) is 0 Å². The summed E-state index contributed by atoms with van der Waals surface area (Å²) in [5, 5.41) is 15.5. The van der Waals surface area contributed by atoms with Crippen LogP contribution in [-0.2, 0) is 4.74 Å². The molecule has 0 amide bonds. The zero-order valence-corrected chi connectivity index (χ0v) is 10.8. The number of ether oxygens (including phenoxy) is 1. The second-order valence-corrected chi connectivity index (χ2v) is 4.47. The van der Waals surface area contributed by atoms with Crippen molar-refractivity contribution in [1.82, 2.24) is 10.3 Å². The highest BCUT2D eigenvalue weighted by Gasteiger charge is 2.13. The van der Waals surface area contributed by atoms with E-state index in [-0.39, 0.29) is 6.10 Å². The summed E-state index contributed by atoms with van der Waals surface area (Å²) < 4.78 is 5.60. The molecule has 0 aliphatic carbocycles. The number of nitrogens with zero attached hydrogens (tertiary/aromatic N) is 2. The lowest BCUT2D eigenvalue weighted by Gasteiger charge is -2.24. The first-order chi connectivity index (χ1) is 8.70. The number of morpholine rings is 1. The highest BCUT2D eigenvalue weighted by atomic mass is 16.5. The number of nitriles is 1.